The summed E-state index contributed by atoms with van der Waals surface area (Å²) in [6.07, 6.45) is 9.63. The van der Waals surface area contributed by atoms with Gasteiger partial charge in [0, 0.05) is 5.56 Å². The second-order valence-electron chi connectivity index (χ2n) is 12.6. The molecule has 0 fully saturated rings. The van der Waals surface area contributed by atoms with Crippen LogP contribution < -0.4 is 0 Å². The highest BCUT2D eigenvalue weighted by atomic mass is 14.7. The molecule has 7 aromatic rings. The maximum atomic E-state index is 5.13. The van der Waals surface area contributed by atoms with Gasteiger partial charge < -0.3 is 0 Å². The molecule has 1 nitrogen and oxygen atoms in total. The van der Waals surface area contributed by atoms with Crippen LogP contribution in [0.4, 0.5) is 0 Å². The molecule has 0 N–H and O–H groups in total. The number of benzene rings is 6. The first-order chi connectivity index (χ1) is 23.3. The number of aromatic nitrogens is 1. The van der Waals surface area contributed by atoms with E-state index in [9.17, 15) is 0 Å². The Labute approximate surface area is 276 Å². The Morgan fingerprint density at radius 3 is 1.91 bits per heavy atom. The normalized spacial score (nSPS) is 13.3. The van der Waals surface area contributed by atoms with Gasteiger partial charge in [0.25, 0.3) is 0 Å². The van der Waals surface area contributed by atoms with Crippen molar-refractivity contribution in [2.75, 3.05) is 0 Å². The highest BCUT2D eigenvalue weighted by Gasteiger charge is 2.25. The first-order valence-corrected chi connectivity index (χ1v) is 16.6. The molecule has 0 aliphatic heterocycles. The van der Waals surface area contributed by atoms with Gasteiger partial charge in [-0.3, -0.25) is 0 Å². The van der Waals surface area contributed by atoms with Crippen LogP contribution in [0, 0.1) is 0 Å². The van der Waals surface area contributed by atoms with Crippen molar-refractivity contribution >= 4 is 16.3 Å². The van der Waals surface area contributed by atoms with Crippen LogP contribution in [-0.4, -0.2) is 4.98 Å². The fraction of sp³-hybridized carbons (Fsp3) is 0.0652. The molecule has 0 amide bonds. The SMILES string of the molecule is C1=CCCC(c2cc(-c3ccc(-c4cccc5c4-c4cc(-c6ccccc6)c6ccccc6c4C5)cc3)cc(-c3ccccc3)n2)=C1. The molecule has 2 aliphatic rings. The van der Waals surface area contributed by atoms with E-state index in [0.717, 1.165) is 36.2 Å². The Kier molecular flexibility index (Phi) is 6.75. The molecule has 1 aromatic heterocycles. The van der Waals surface area contributed by atoms with E-state index in [2.05, 4.69) is 164 Å². The summed E-state index contributed by atoms with van der Waals surface area (Å²) in [4.78, 5) is 5.13. The van der Waals surface area contributed by atoms with Crippen LogP contribution in [-0.2, 0) is 6.42 Å². The van der Waals surface area contributed by atoms with Crippen LogP contribution in [0.1, 0.15) is 29.7 Å². The summed E-state index contributed by atoms with van der Waals surface area (Å²) in [7, 11) is 0. The molecule has 0 spiro atoms. The van der Waals surface area contributed by atoms with Gasteiger partial charge >= 0.3 is 0 Å². The summed E-state index contributed by atoms with van der Waals surface area (Å²) >= 11 is 0. The average Bonchev–Trinajstić information content (AvgIpc) is 3.55. The Morgan fingerprint density at radius 2 is 1.15 bits per heavy atom. The van der Waals surface area contributed by atoms with E-state index >= 15 is 0 Å². The topological polar surface area (TPSA) is 12.9 Å². The molecular formula is C46H33N. The molecule has 0 saturated heterocycles. The summed E-state index contributed by atoms with van der Waals surface area (Å²) in [5.74, 6) is 0. The predicted octanol–water partition coefficient (Wildman–Crippen LogP) is 12.2. The van der Waals surface area contributed by atoms with Crippen molar-refractivity contribution in [3.63, 3.8) is 0 Å². The molecule has 6 aromatic carbocycles. The van der Waals surface area contributed by atoms with Crippen molar-refractivity contribution in [2.45, 2.75) is 19.3 Å². The molecule has 0 unspecified atom stereocenters. The molecule has 0 radical (unpaired) electrons. The summed E-state index contributed by atoms with van der Waals surface area (Å²) in [5, 5.41) is 2.68. The Bertz CT molecular complexity index is 2340. The second kappa shape index (κ2) is 11.5. The summed E-state index contributed by atoms with van der Waals surface area (Å²) < 4.78 is 0. The average molecular weight is 600 g/mol. The van der Waals surface area contributed by atoms with Crippen LogP contribution in [0.5, 0.6) is 0 Å². The maximum absolute atomic E-state index is 5.13. The van der Waals surface area contributed by atoms with Crippen molar-refractivity contribution in [1.29, 1.82) is 0 Å². The zero-order valence-electron chi connectivity index (χ0n) is 26.2. The number of hydrogen-bond donors (Lipinski definition) is 0. The molecular weight excluding hydrogens is 567 g/mol. The van der Waals surface area contributed by atoms with E-state index < -0.39 is 0 Å². The first-order valence-electron chi connectivity index (χ1n) is 16.6. The van der Waals surface area contributed by atoms with E-state index in [1.54, 1.807) is 0 Å². The van der Waals surface area contributed by atoms with Crippen molar-refractivity contribution in [2.24, 2.45) is 0 Å². The molecule has 1 heterocycles. The Balaban J connectivity index is 1.15. The van der Waals surface area contributed by atoms with Crippen molar-refractivity contribution in [3.8, 4) is 55.8 Å². The van der Waals surface area contributed by atoms with Gasteiger partial charge in [-0.25, -0.2) is 4.98 Å². The van der Waals surface area contributed by atoms with E-state index in [1.165, 1.54) is 72.0 Å². The Morgan fingerprint density at radius 1 is 0.468 bits per heavy atom. The largest absolute Gasteiger partial charge is 0.248 e. The summed E-state index contributed by atoms with van der Waals surface area (Å²) in [6, 6.07) is 53.2. The number of pyridine rings is 1. The molecule has 222 valence electrons. The lowest BCUT2D eigenvalue weighted by atomic mass is 9.89. The van der Waals surface area contributed by atoms with E-state index in [0.29, 0.717) is 0 Å². The van der Waals surface area contributed by atoms with Gasteiger partial charge in [-0.1, -0.05) is 146 Å². The highest BCUT2D eigenvalue weighted by molar-refractivity contribution is 6.06. The highest BCUT2D eigenvalue weighted by Crippen LogP contribution is 2.48. The first kappa shape index (κ1) is 27.5. The van der Waals surface area contributed by atoms with Crippen molar-refractivity contribution < 1.29 is 0 Å². The number of rotatable bonds is 5. The van der Waals surface area contributed by atoms with Crippen LogP contribution in [0.15, 0.2) is 164 Å². The van der Waals surface area contributed by atoms with Crippen LogP contribution in [0.2, 0.25) is 0 Å². The Hall–Kier alpha value is -5.79. The van der Waals surface area contributed by atoms with E-state index in [-0.39, 0.29) is 0 Å². The zero-order chi connectivity index (χ0) is 31.2. The van der Waals surface area contributed by atoms with Crippen LogP contribution in [0.3, 0.4) is 0 Å². The van der Waals surface area contributed by atoms with E-state index in [1.807, 2.05) is 0 Å². The quantitative estimate of drug-likeness (QED) is 0.192. The molecule has 0 atom stereocenters. The lowest BCUT2D eigenvalue weighted by Gasteiger charge is -2.15. The molecule has 47 heavy (non-hydrogen) atoms. The predicted molar refractivity (Wildman–Crippen MR) is 198 cm³/mol. The molecule has 0 saturated carbocycles. The monoisotopic (exact) mass is 599 g/mol. The third kappa shape index (κ3) is 4.92. The van der Waals surface area contributed by atoms with Crippen LogP contribution in [0.25, 0.3) is 72.1 Å². The fourth-order valence-corrected chi connectivity index (χ4v) is 7.48. The summed E-state index contributed by atoms with van der Waals surface area (Å²) in [5.41, 5.74) is 17.6. The number of fused-ring (bicyclic) bond motifs is 5. The number of allylic oxidation sites excluding steroid dienone is 4. The lowest BCUT2D eigenvalue weighted by Crippen LogP contribution is -1.96. The maximum Gasteiger partial charge on any atom is 0.0715 e. The minimum Gasteiger partial charge on any atom is -0.248 e. The molecule has 9 rings (SSSR count). The molecule has 1 heteroatoms. The van der Waals surface area contributed by atoms with Gasteiger partial charge in [0.05, 0.1) is 11.4 Å². The standard InChI is InChI=1S/C46H33N/c1-4-13-32(14-5-1)41-30-43-42(40-21-11-10-20-39(40)41)27-36-19-12-22-38(46(36)43)33-25-23-31(24-26-33)37-28-44(34-15-6-2-7-16-34)47-45(29-37)35-17-8-3-9-18-35/h1-8,10-17,19-26,28-30H,9,18,27H2. The zero-order valence-corrected chi connectivity index (χ0v) is 26.2. The molecule has 0 bridgehead atoms. The van der Waals surface area contributed by atoms with Gasteiger partial charge in [0.2, 0.25) is 0 Å². The summed E-state index contributed by atoms with van der Waals surface area (Å²) in [6.45, 7) is 0. The number of nitrogens with zero attached hydrogens (tertiary/aromatic N) is 1. The van der Waals surface area contributed by atoms with Gasteiger partial charge in [0.1, 0.15) is 0 Å². The van der Waals surface area contributed by atoms with Gasteiger partial charge in [-0.15, -0.1) is 0 Å². The minimum absolute atomic E-state index is 0.958. The second-order valence-corrected chi connectivity index (χ2v) is 12.6. The van der Waals surface area contributed by atoms with E-state index in [4.69, 9.17) is 4.98 Å². The van der Waals surface area contributed by atoms with Crippen molar-refractivity contribution in [3.05, 3.63) is 181 Å². The lowest BCUT2D eigenvalue weighted by molar-refractivity contribution is 1.04. The fourth-order valence-electron chi connectivity index (χ4n) is 7.48. The molecule has 2 aliphatic carbocycles. The third-order valence-corrected chi connectivity index (χ3v) is 9.80. The number of hydrogen-bond acceptors (Lipinski definition) is 1. The third-order valence-electron chi connectivity index (χ3n) is 9.80. The van der Waals surface area contributed by atoms with Crippen molar-refractivity contribution in [1.82, 2.24) is 4.98 Å². The van der Waals surface area contributed by atoms with Crippen LogP contribution >= 0.6 is 0 Å². The van der Waals surface area contributed by atoms with Gasteiger partial charge in [-0.2, -0.15) is 0 Å². The minimum atomic E-state index is 0.958. The smallest absolute Gasteiger partial charge is 0.0715 e. The van der Waals surface area contributed by atoms with Gasteiger partial charge in [-0.05, 0) is 109 Å². The van der Waals surface area contributed by atoms with Gasteiger partial charge in [0.15, 0.2) is 0 Å².